The van der Waals surface area contributed by atoms with Gasteiger partial charge in [0.05, 0.1) is 6.07 Å². The number of nitriles is 1. The molecule has 2 aliphatic rings. The fraction of sp³-hybridized carbons (Fsp3) is 0.529. The van der Waals surface area contributed by atoms with E-state index in [9.17, 15) is 10.1 Å². The molecular weight excluding hydrogens is 280 g/mol. The zero-order valence-corrected chi connectivity index (χ0v) is 13.1. The Morgan fingerprint density at radius 2 is 2.00 bits per heavy atom. The molecule has 3 rings (SSSR count). The van der Waals surface area contributed by atoms with E-state index in [0.29, 0.717) is 5.92 Å². The number of carbonyl (C=O) groups is 1. The Hall–Kier alpha value is -1.47. The fourth-order valence-electron chi connectivity index (χ4n) is 3.22. The Bertz CT molecular complexity index is 558. The van der Waals surface area contributed by atoms with Crippen LogP contribution in [-0.2, 0) is 4.79 Å². The molecule has 4 heteroatoms. The van der Waals surface area contributed by atoms with Gasteiger partial charge < -0.3 is 4.90 Å². The smallest absolute Gasteiger partial charge is 0.226 e. The second-order valence-electron chi connectivity index (χ2n) is 5.99. The van der Waals surface area contributed by atoms with Crippen LogP contribution in [0.15, 0.2) is 30.3 Å². The molecule has 3 nitrogen and oxygen atoms in total. The van der Waals surface area contributed by atoms with Crippen LogP contribution in [0.4, 0.5) is 0 Å². The van der Waals surface area contributed by atoms with Crippen molar-refractivity contribution in [3.63, 3.8) is 0 Å². The zero-order valence-electron chi connectivity index (χ0n) is 12.3. The van der Waals surface area contributed by atoms with Gasteiger partial charge >= 0.3 is 0 Å². The molecule has 0 spiro atoms. The van der Waals surface area contributed by atoms with Gasteiger partial charge in [0.2, 0.25) is 5.91 Å². The van der Waals surface area contributed by atoms with Gasteiger partial charge in [0, 0.05) is 19.0 Å². The van der Waals surface area contributed by atoms with Crippen LogP contribution in [0.1, 0.15) is 30.7 Å². The minimum absolute atomic E-state index is 0.163. The predicted molar refractivity (Wildman–Crippen MR) is 85.0 cm³/mol. The summed E-state index contributed by atoms with van der Waals surface area (Å²) < 4.78 is -0.279. The molecule has 1 aliphatic carbocycles. The van der Waals surface area contributed by atoms with Gasteiger partial charge in [0.1, 0.15) is 4.75 Å². The maximum atomic E-state index is 12.6. The monoisotopic (exact) mass is 300 g/mol. The Morgan fingerprint density at radius 1 is 1.33 bits per heavy atom. The van der Waals surface area contributed by atoms with Crippen LogP contribution < -0.4 is 0 Å². The predicted octanol–water partition coefficient (Wildman–Crippen LogP) is 3.04. The van der Waals surface area contributed by atoms with Gasteiger partial charge in [-0.3, -0.25) is 4.79 Å². The van der Waals surface area contributed by atoms with Gasteiger partial charge in [-0.15, -0.1) is 11.8 Å². The lowest BCUT2D eigenvalue weighted by atomic mass is 9.96. The van der Waals surface area contributed by atoms with E-state index in [2.05, 4.69) is 18.2 Å². The average molecular weight is 300 g/mol. The molecule has 1 heterocycles. The number of nitrogens with zero attached hydrogens (tertiary/aromatic N) is 2. The van der Waals surface area contributed by atoms with Crippen LogP contribution in [0.3, 0.4) is 0 Å². The Morgan fingerprint density at radius 3 is 2.57 bits per heavy atom. The first-order chi connectivity index (χ1) is 10.2. The molecule has 1 saturated carbocycles. The van der Waals surface area contributed by atoms with Crippen molar-refractivity contribution < 1.29 is 4.79 Å². The normalized spacial score (nSPS) is 27.0. The molecule has 1 aliphatic heterocycles. The van der Waals surface area contributed by atoms with Crippen molar-refractivity contribution in [1.82, 2.24) is 4.90 Å². The molecule has 2 fully saturated rings. The molecule has 0 aromatic heterocycles. The van der Waals surface area contributed by atoms with E-state index in [4.69, 9.17) is 0 Å². The summed E-state index contributed by atoms with van der Waals surface area (Å²) in [7, 11) is 0. The van der Waals surface area contributed by atoms with Crippen molar-refractivity contribution in [1.29, 1.82) is 5.26 Å². The molecule has 0 bridgehead atoms. The molecule has 0 radical (unpaired) electrons. The second-order valence-corrected chi connectivity index (χ2v) is 7.18. The van der Waals surface area contributed by atoms with E-state index in [1.54, 1.807) is 11.8 Å². The number of benzene rings is 1. The average Bonchev–Trinajstić information content (AvgIpc) is 3.36. The number of rotatable bonds is 3. The molecule has 110 valence electrons. The zero-order chi connectivity index (χ0) is 14.9. The first-order valence-corrected chi connectivity index (χ1v) is 8.72. The van der Waals surface area contributed by atoms with Crippen LogP contribution in [-0.4, -0.2) is 34.9 Å². The van der Waals surface area contributed by atoms with E-state index in [1.807, 2.05) is 29.4 Å². The van der Waals surface area contributed by atoms with E-state index in [0.717, 1.165) is 32.4 Å². The van der Waals surface area contributed by atoms with Crippen LogP contribution >= 0.6 is 11.8 Å². The number of hydrogen-bond donors (Lipinski definition) is 0. The van der Waals surface area contributed by atoms with E-state index in [-0.39, 0.29) is 16.6 Å². The number of likely N-dealkylation sites (tertiary alicyclic amines) is 1. The quantitative estimate of drug-likeness (QED) is 0.862. The third-order valence-corrected chi connectivity index (χ3v) is 6.09. The van der Waals surface area contributed by atoms with Crippen molar-refractivity contribution in [2.45, 2.75) is 29.9 Å². The summed E-state index contributed by atoms with van der Waals surface area (Å²) in [6, 6.07) is 12.7. The molecule has 1 aromatic rings. The number of thioether (sulfide) groups is 1. The molecule has 1 saturated heterocycles. The van der Waals surface area contributed by atoms with Crippen molar-refractivity contribution in [3.8, 4) is 6.07 Å². The second kappa shape index (κ2) is 5.73. The van der Waals surface area contributed by atoms with Crippen molar-refractivity contribution in [2.24, 2.45) is 5.92 Å². The summed E-state index contributed by atoms with van der Waals surface area (Å²) in [5, 5.41) is 9.30. The third kappa shape index (κ3) is 2.80. The Kier molecular flexibility index (Phi) is 3.95. The largest absolute Gasteiger partial charge is 0.342 e. The lowest BCUT2D eigenvalue weighted by molar-refractivity contribution is -0.133. The maximum Gasteiger partial charge on any atom is 0.226 e. The minimum Gasteiger partial charge on any atom is -0.342 e. The van der Waals surface area contributed by atoms with Crippen LogP contribution in [0.5, 0.6) is 0 Å². The summed E-state index contributed by atoms with van der Waals surface area (Å²) in [5.41, 5.74) is 1.28. The van der Waals surface area contributed by atoms with Crippen LogP contribution in [0, 0.1) is 17.2 Å². The summed E-state index contributed by atoms with van der Waals surface area (Å²) in [4.78, 5) is 14.5. The number of carbonyl (C=O) groups excluding carboxylic acids is 1. The van der Waals surface area contributed by atoms with E-state index in [1.165, 1.54) is 5.56 Å². The first kappa shape index (κ1) is 14.5. The summed E-state index contributed by atoms with van der Waals surface area (Å²) in [6.45, 7) is 1.45. The SMILES string of the molecule is CSC1(C#N)CCN(C(=O)C2CC2c2ccccc2)CC1. The molecule has 1 aromatic carbocycles. The fourth-order valence-corrected chi connectivity index (χ4v) is 3.90. The molecule has 2 unspecified atom stereocenters. The number of amides is 1. The van der Waals surface area contributed by atoms with Gasteiger partial charge in [0.25, 0.3) is 0 Å². The molecule has 2 atom stereocenters. The topological polar surface area (TPSA) is 44.1 Å². The first-order valence-electron chi connectivity index (χ1n) is 7.49. The third-order valence-electron chi connectivity index (χ3n) is 4.81. The summed E-state index contributed by atoms with van der Waals surface area (Å²) >= 11 is 1.63. The van der Waals surface area contributed by atoms with Crippen molar-refractivity contribution in [2.75, 3.05) is 19.3 Å². The van der Waals surface area contributed by atoms with E-state index < -0.39 is 0 Å². The van der Waals surface area contributed by atoms with Crippen molar-refractivity contribution in [3.05, 3.63) is 35.9 Å². The highest BCUT2D eigenvalue weighted by Crippen LogP contribution is 2.49. The molecule has 1 amide bonds. The highest BCUT2D eigenvalue weighted by atomic mass is 32.2. The van der Waals surface area contributed by atoms with Crippen molar-refractivity contribution >= 4 is 17.7 Å². The standard InChI is InChI=1S/C17H20N2OS/c1-21-17(12-18)7-9-19(10-8-17)16(20)15-11-14(15)13-5-3-2-4-6-13/h2-6,14-15H,7-11H2,1H3. The van der Waals surface area contributed by atoms with Crippen LogP contribution in [0.2, 0.25) is 0 Å². The lowest BCUT2D eigenvalue weighted by Gasteiger charge is -2.36. The highest BCUT2D eigenvalue weighted by molar-refractivity contribution is 8.00. The summed E-state index contributed by atoms with van der Waals surface area (Å²) in [6.07, 6.45) is 4.55. The van der Waals surface area contributed by atoms with Gasteiger partial charge in [0.15, 0.2) is 0 Å². The lowest BCUT2D eigenvalue weighted by Crippen LogP contribution is -2.45. The maximum absolute atomic E-state index is 12.6. The van der Waals surface area contributed by atoms with Gasteiger partial charge in [-0.1, -0.05) is 30.3 Å². The van der Waals surface area contributed by atoms with Crippen LogP contribution in [0.25, 0.3) is 0 Å². The number of piperidine rings is 1. The minimum atomic E-state index is -0.279. The number of hydrogen-bond acceptors (Lipinski definition) is 3. The molecule has 21 heavy (non-hydrogen) atoms. The molecule has 0 N–H and O–H groups in total. The van der Waals surface area contributed by atoms with Gasteiger partial charge in [-0.25, -0.2) is 0 Å². The van der Waals surface area contributed by atoms with Gasteiger partial charge in [-0.05, 0) is 37.0 Å². The Balaban J connectivity index is 1.58. The molecular formula is C17H20N2OS. The van der Waals surface area contributed by atoms with E-state index >= 15 is 0 Å². The Labute approximate surface area is 130 Å². The summed E-state index contributed by atoms with van der Waals surface area (Å²) in [5.74, 6) is 0.856. The van der Waals surface area contributed by atoms with Gasteiger partial charge in [-0.2, -0.15) is 5.26 Å². The highest BCUT2D eigenvalue weighted by Gasteiger charge is 2.47.